The van der Waals surface area contributed by atoms with Gasteiger partial charge in [-0.3, -0.25) is 19.2 Å². The van der Waals surface area contributed by atoms with Crippen molar-refractivity contribution < 1.29 is 72.9 Å². The molecule has 3 aromatic carbocycles. The molecule has 1 heterocycles. The first kappa shape index (κ1) is 47.2. The van der Waals surface area contributed by atoms with Crippen molar-refractivity contribution in [3.05, 3.63) is 119 Å². The molecule has 0 radical (unpaired) electrons. The van der Waals surface area contributed by atoms with Crippen molar-refractivity contribution in [1.29, 1.82) is 0 Å². The summed E-state index contributed by atoms with van der Waals surface area (Å²) in [6, 6.07) is 22.8. The molecule has 16 heteroatoms. The Hall–Kier alpha value is -5.78. The number of nitrogens with one attached hydrogen (secondary N) is 1. The van der Waals surface area contributed by atoms with Crippen molar-refractivity contribution in [1.82, 2.24) is 5.32 Å². The molecule has 1 saturated heterocycles. The molecule has 12 atom stereocenters. The van der Waals surface area contributed by atoms with Crippen LogP contribution in [0.5, 0.6) is 0 Å². The Morgan fingerprint density at radius 3 is 2.00 bits per heavy atom. The highest BCUT2D eigenvalue weighted by Crippen LogP contribution is 2.64. The summed E-state index contributed by atoms with van der Waals surface area (Å²) in [7, 11) is 0. The third kappa shape index (κ3) is 8.26. The number of hydrogen-bond donors (Lipinski definition) is 5. The Kier molecular flexibility index (Phi) is 13.0. The quantitative estimate of drug-likeness (QED) is 0.0994. The fraction of sp³-hybridized carbons (Fsp3) is 0.469. The zero-order valence-electron chi connectivity index (χ0n) is 37.0. The van der Waals surface area contributed by atoms with Gasteiger partial charge in [0.15, 0.2) is 23.6 Å². The lowest BCUT2D eigenvalue weighted by atomic mass is 9.44. The van der Waals surface area contributed by atoms with E-state index in [0.717, 1.165) is 6.92 Å². The summed E-state index contributed by atoms with van der Waals surface area (Å²) in [5.41, 5.74) is -7.45. The third-order valence-electron chi connectivity index (χ3n) is 13.9. The molecule has 16 nitrogen and oxygen atoms in total. The molecule has 0 aromatic heterocycles. The van der Waals surface area contributed by atoms with Crippen molar-refractivity contribution in [2.45, 2.75) is 121 Å². The highest BCUT2D eigenvalue weighted by Gasteiger charge is 2.78. The number of carbonyl (C=O) groups excluding carboxylic acids is 6. The monoisotopic (exact) mass is 897 g/mol. The van der Waals surface area contributed by atoms with Crippen LogP contribution in [0.1, 0.15) is 93.1 Å². The van der Waals surface area contributed by atoms with Gasteiger partial charge in [0.05, 0.1) is 48.2 Å². The van der Waals surface area contributed by atoms with Crippen LogP contribution < -0.4 is 5.32 Å². The van der Waals surface area contributed by atoms with E-state index < -0.39 is 125 Å². The van der Waals surface area contributed by atoms with Gasteiger partial charge in [-0.25, -0.2) is 9.59 Å². The van der Waals surface area contributed by atoms with Crippen molar-refractivity contribution in [3.63, 3.8) is 0 Å². The first-order valence-electron chi connectivity index (χ1n) is 21.6. The highest BCUT2D eigenvalue weighted by molar-refractivity contribution is 5.96. The first-order valence-corrected chi connectivity index (χ1v) is 21.6. The van der Waals surface area contributed by atoms with Gasteiger partial charge in [0, 0.05) is 30.7 Å². The standard InChI is InChI=1S/C49H55NO15/c1-26(51)22-35(54)63-39-36-27(2)32(62-45(59)38(55)37(29-16-10-7-11-17-29)50-43(57)30-18-12-8-13-19-30)24-49(60,46(36,4)5)42(64-44(58)31-20-14-9-15-21-31)40-47(6,41(39)56)33(53)23-34-48(40,25-61-34)65-28(3)52/h7-21,26,32-34,37-40,42,51,53,55,60H,22-25H2,1-6H3,(H,50,57)/t26?,32-,33-,34+,37-,38+,39+,40-,42-,47+,48-,49+/m0/s1. The Morgan fingerprint density at radius 1 is 0.862 bits per heavy atom. The number of Topliss-reactive ketones (excluding diaryl/α,β-unsaturated/α-hetero) is 1. The number of benzene rings is 3. The van der Waals surface area contributed by atoms with Crippen molar-refractivity contribution in [2.75, 3.05) is 6.61 Å². The Bertz CT molecular complexity index is 2350. The van der Waals surface area contributed by atoms with E-state index in [-0.39, 0.29) is 35.3 Å². The van der Waals surface area contributed by atoms with Crippen molar-refractivity contribution in [3.8, 4) is 0 Å². The molecule has 0 spiro atoms. The predicted octanol–water partition coefficient (Wildman–Crippen LogP) is 3.49. The lowest BCUT2D eigenvalue weighted by Gasteiger charge is -2.67. The Labute approximate surface area is 375 Å². The van der Waals surface area contributed by atoms with Gasteiger partial charge in [0.1, 0.15) is 23.9 Å². The van der Waals surface area contributed by atoms with Gasteiger partial charge in [-0.1, -0.05) is 80.6 Å². The van der Waals surface area contributed by atoms with Gasteiger partial charge >= 0.3 is 23.9 Å². The van der Waals surface area contributed by atoms with Crippen LogP contribution in [0.4, 0.5) is 0 Å². The second-order valence-electron chi connectivity index (χ2n) is 18.3. The van der Waals surface area contributed by atoms with Crippen LogP contribution in [0.15, 0.2) is 102 Å². The number of aliphatic hydroxyl groups is 4. The van der Waals surface area contributed by atoms with Gasteiger partial charge in [-0.05, 0) is 61.7 Å². The fourth-order valence-electron chi connectivity index (χ4n) is 10.4. The molecular weight excluding hydrogens is 843 g/mol. The number of amides is 1. The van der Waals surface area contributed by atoms with E-state index >= 15 is 4.79 Å². The minimum atomic E-state index is -2.45. The summed E-state index contributed by atoms with van der Waals surface area (Å²) in [6.45, 7) is 8.07. The van der Waals surface area contributed by atoms with Crippen LogP contribution in [0, 0.1) is 16.7 Å². The molecule has 1 unspecified atom stereocenters. The number of esters is 4. The summed E-state index contributed by atoms with van der Waals surface area (Å²) >= 11 is 0. The maximum absolute atomic E-state index is 15.7. The number of ether oxygens (including phenoxy) is 5. The maximum Gasteiger partial charge on any atom is 0.338 e. The normalized spacial score (nSPS) is 31.4. The maximum atomic E-state index is 15.7. The van der Waals surface area contributed by atoms with E-state index in [2.05, 4.69) is 5.32 Å². The van der Waals surface area contributed by atoms with E-state index in [1.165, 1.54) is 46.8 Å². The SMILES string of the molecule is CC(=O)O[C@@]12CO[C@@H]1C[C@H](O)[C@@]1(C)C(=O)[C@H](OC(=O)CC(C)O)C3=C(C)[C@@H](OC(=O)[C@H](O)[C@@H](NC(=O)c4ccccc4)c4ccccc4)C[C@@](O)([C@@H](OC(=O)c4ccccc4)[C@H]21)C3(C)C. The van der Waals surface area contributed by atoms with Crippen LogP contribution in [0.25, 0.3) is 0 Å². The highest BCUT2D eigenvalue weighted by atomic mass is 16.6. The van der Waals surface area contributed by atoms with Crippen molar-refractivity contribution >= 4 is 35.6 Å². The zero-order chi connectivity index (χ0) is 47.2. The van der Waals surface area contributed by atoms with E-state index in [1.54, 1.807) is 78.9 Å². The molecule has 3 aliphatic carbocycles. The molecule has 1 aliphatic heterocycles. The minimum absolute atomic E-state index is 0.0478. The minimum Gasteiger partial charge on any atom is -0.456 e. The molecule has 7 rings (SSSR count). The lowest BCUT2D eigenvalue weighted by Crippen LogP contribution is -2.82. The van der Waals surface area contributed by atoms with Crippen LogP contribution >= 0.6 is 0 Å². The lowest BCUT2D eigenvalue weighted by molar-refractivity contribution is -0.346. The van der Waals surface area contributed by atoms with Crippen molar-refractivity contribution in [2.24, 2.45) is 16.7 Å². The zero-order valence-corrected chi connectivity index (χ0v) is 37.0. The van der Waals surface area contributed by atoms with E-state index in [9.17, 15) is 44.4 Å². The molecule has 4 aliphatic rings. The molecule has 5 N–H and O–H groups in total. The summed E-state index contributed by atoms with van der Waals surface area (Å²) in [5, 5.41) is 50.7. The van der Waals surface area contributed by atoms with Gasteiger partial charge in [-0.2, -0.15) is 0 Å². The van der Waals surface area contributed by atoms with Crippen LogP contribution in [-0.2, 0) is 42.9 Å². The summed E-state index contributed by atoms with van der Waals surface area (Å²) in [6.07, 6.45) is -12.7. The summed E-state index contributed by atoms with van der Waals surface area (Å²) in [4.78, 5) is 84.6. The average Bonchev–Trinajstić information content (AvgIpc) is 3.26. The van der Waals surface area contributed by atoms with Gasteiger partial charge in [0.2, 0.25) is 0 Å². The molecule has 3 aromatic rings. The average molecular weight is 898 g/mol. The molecule has 2 saturated carbocycles. The smallest absolute Gasteiger partial charge is 0.338 e. The number of hydrogen-bond acceptors (Lipinski definition) is 15. The number of ketones is 1. The Morgan fingerprint density at radius 2 is 1.45 bits per heavy atom. The molecule has 2 bridgehead atoms. The van der Waals surface area contributed by atoms with E-state index in [4.69, 9.17) is 23.7 Å². The summed E-state index contributed by atoms with van der Waals surface area (Å²) < 4.78 is 30.5. The van der Waals surface area contributed by atoms with Crippen LogP contribution in [0.2, 0.25) is 0 Å². The molecule has 65 heavy (non-hydrogen) atoms. The largest absolute Gasteiger partial charge is 0.456 e. The van der Waals surface area contributed by atoms with E-state index in [1.807, 2.05) is 0 Å². The van der Waals surface area contributed by atoms with Gasteiger partial charge in [-0.15, -0.1) is 0 Å². The van der Waals surface area contributed by atoms with Gasteiger partial charge in [0.25, 0.3) is 5.91 Å². The third-order valence-corrected chi connectivity index (χ3v) is 13.9. The number of fused-ring (bicyclic) bond motifs is 5. The predicted molar refractivity (Wildman–Crippen MR) is 228 cm³/mol. The van der Waals surface area contributed by atoms with Crippen LogP contribution in [-0.4, -0.2) is 117 Å². The Balaban J connectivity index is 1.40. The van der Waals surface area contributed by atoms with Crippen LogP contribution in [0.3, 0.4) is 0 Å². The summed E-state index contributed by atoms with van der Waals surface area (Å²) in [5.74, 6) is -7.19. The number of rotatable bonds is 12. The number of aliphatic hydroxyl groups excluding tert-OH is 3. The fourth-order valence-corrected chi connectivity index (χ4v) is 10.4. The molecular formula is C49H55NO15. The molecule has 3 fully saturated rings. The second kappa shape index (κ2) is 17.9. The second-order valence-corrected chi connectivity index (χ2v) is 18.3. The van der Waals surface area contributed by atoms with E-state index in [0.29, 0.717) is 5.56 Å². The molecule has 346 valence electrons. The number of carbonyl (C=O) groups is 6. The topological polar surface area (TPSA) is 242 Å². The first-order chi connectivity index (χ1) is 30.7. The molecule has 1 amide bonds. The van der Waals surface area contributed by atoms with Gasteiger partial charge < -0.3 is 49.4 Å².